The molecule has 7 nitrogen and oxygen atoms in total. The number of carbonyl (C=O) groups excluding carboxylic acids is 1. The Morgan fingerprint density at radius 1 is 1.24 bits per heavy atom. The quantitative estimate of drug-likeness (QED) is 0.511. The maximum Gasteiger partial charge on any atom is 0.353 e. The molecule has 1 aromatic rings. The van der Waals surface area contributed by atoms with E-state index in [0.717, 1.165) is 10.5 Å². The van der Waals surface area contributed by atoms with E-state index in [-0.39, 0.29) is 11.3 Å². The fraction of sp³-hybridized carbons (Fsp3) is 0.250. The van der Waals surface area contributed by atoms with Gasteiger partial charge in [-0.1, -0.05) is 42.5 Å². The number of nitrogens with zero attached hydrogens (tertiary/aromatic N) is 1. The molecule has 3 rings (SSSR count). The molecule has 1 fully saturated rings. The van der Waals surface area contributed by atoms with Gasteiger partial charge in [-0.15, -0.1) is 11.8 Å². The summed E-state index contributed by atoms with van der Waals surface area (Å²) in [5.41, 5.74) is 0.278. The number of hydrogen-bond acceptors (Lipinski definition) is 5. The number of thiocarbonyl (C=S) groups is 1. The van der Waals surface area contributed by atoms with E-state index in [9.17, 15) is 19.5 Å². The molecule has 130 valence electrons. The first kappa shape index (κ1) is 17.4. The zero-order chi connectivity index (χ0) is 18.1. The summed E-state index contributed by atoms with van der Waals surface area (Å²) in [6, 6.07) is 8.87. The van der Waals surface area contributed by atoms with Crippen LogP contribution < -0.4 is 5.32 Å². The summed E-state index contributed by atoms with van der Waals surface area (Å²) in [6.07, 6.45) is 0.472. The highest BCUT2D eigenvalue weighted by atomic mass is 32.2. The molecular formula is C16H14N2O5S2. The number of carboxylic acids is 2. The average Bonchev–Trinajstić information content (AvgIpc) is 2.58. The van der Waals surface area contributed by atoms with Gasteiger partial charge in [0, 0.05) is 12.2 Å². The standard InChI is InChI=1S/C16H14N2O5S2/c19-13-11(17-10(24)6-8-4-2-1-3-5-8)14-18(13)12(16(22)23)9(7-25-14)15(20)21/h1-5,11,14H,6-7H2,(H,17,24)(H,20,21)(H,22,23)/t11?,14-/m1/s1. The van der Waals surface area contributed by atoms with Gasteiger partial charge in [-0.2, -0.15) is 0 Å². The Bertz CT molecular complexity index is 793. The Hall–Kier alpha value is -2.39. The number of fused-ring (bicyclic) bond motifs is 1. The second-order valence-electron chi connectivity index (χ2n) is 5.55. The lowest BCUT2D eigenvalue weighted by Crippen LogP contribution is -2.70. The number of aliphatic carboxylic acids is 2. The fourth-order valence-electron chi connectivity index (χ4n) is 2.79. The second kappa shape index (κ2) is 6.85. The highest BCUT2D eigenvalue weighted by Gasteiger charge is 2.54. The molecule has 1 aromatic carbocycles. The first-order valence-corrected chi connectivity index (χ1v) is 8.83. The third-order valence-electron chi connectivity index (χ3n) is 3.95. The van der Waals surface area contributed by atoms with Crippen LogP contribution in [0.5, 0.6) is 0 Å². The molecule has 9 heteroatoms. The lowest BCUT2D eigenvalue weighted by atomic mass is 10.0. The minimum atomic E-state index is -1.42. The first-order chi connectivity index (χ1) is 11.9. The second-order valence-corrected chi connectivity index (χ2v) is 7.15. The average molecular weight is 378 g/mol. The number of hydrogen-bond donors (Lipinski definition) is 3. The van der Waals surface area contributed by atoms with E-state index >= 15 is 0 Å². The van der Waals surface area contributed by atoms with Crippen molar-refractivity contribution in [2.45, 2.75) is 17.8 Å². The molecule has 1 unspecified atom stereocenters. The number of rotatable bonds is 5. The Balaban J connectivity index is 1.72. The molecule has 3 N–H and O–H groups in total. The largest absolute Gasteiger partial charge is 0.478 e. The highest BCUT2D eigenvalue weighted by molar-refractivity contribution is 8.00. The fourth-order valence-corrected chi connectivity index (χ4v) is 4.42. The number of carboxylic acid groups (broad SMARTS) is 2. The van der Waals surface area contributed by atoms with Crippen molar-refractivity contribution >= 4 is 46.8 Å². The zero-order valence-electron chi connectivity index (χ0n) is 12.8. The third kappa shape index (κ3) is 3.24. The van der Waals surface area contributed by atoms with Gasteiger partial charge in [-0.25, -0.2) is 9.59 Å². The number of amides is 1. The lowest BCUT2D eigenvalue weighted by Gasteiger charge is -2.49. The van der Waals surface area contributed by atoms with Gasteiger partial charge in [0.1, 0.15) is 17.1 Å². The number of thioether (sulfide) groups is 1. The summed E-state index contributed by atoms with van der Waals surface area (Å²) in [5.74, 6) is -3.20. The van der Waals surface area contributed by atoms with E-state index < -0.39 is 35.0 Å². The highest BCUT2D eigenvalue weighted by Crippen LogP contribution is 2.40. The van der Waals surface area contributed by atoms with Crippen molar-refractivity contribution in [1.29, 1.82) is 0 Å². The molecule has 2 heterocycles. The zero-order valence-corrected chi connectivity index (χ0v) is 14.5. The Morgan fingerprint density at radius 2 is 1.92 bits per heavy atom. The van der Waals surface area contributed by atoms with Gasteiger partial charge in [0.2, 0.25) is 0 Å². The maximum absolute atomic E-state index is 12.4. The van der Waals surface area contributed by atoms with Gasteiger partial charge in [-0.05, 0) is 5.56 Å². The van der Waals surface area contributed by atoms with Crippen LogP contribution in [0.4, 0.5) is 0 Å². The minimum Gasteiger partial charge on any atom is -0.478 e. The van der Waals surface area contributed by atoms with Crippen molar-refractivity contribution in [3.63, 3.8) is 0 Å². The van der Waals surface area contributed by atoms with Gasteiger partial charge in [0.05, 0.1) is 10.6 Å². The first-order valence-electron chi connectivity index (χ1n) is 7.38. The summed E-state index contributed by atoms with van der Waals surface area (Å²) in [6.45, 7) is 0. The van der Waals surface area contributed by atoms with Crippen LogP contribution in [0.1, 0.15) is 5.56 Å². The van der Waals surface area contributed by atoms with E-state index in [2.05, 4.69) is 5.32 Å². The van der Waals surface area contributed by atoms with Gasteiger partial charge < -0.3 is 15.5 Å². The Morgan fingerprint density at radius 3 is 2.52 bits per heavy atom. The molecule has 0 aliphatic carbocycles. The van der Waals surface area contributed by atoms with Gasteiger partial charge in [0.15, 0.2) is 0 Å². The molecule has 2 aliphatic heterocycles. The van der Waals surface area contributed by atoms with E-state index in [1.165, 1.54) is 11.8 Å². The van der Waals surface area contributed by atoms with Crippen LogP contribution in [0.3, 0.4) is 0 Å². The van der Waals surface area contributed by atoms with Crippen molar-refractivity contribution in [2.75, 3.05) is 5.75 Å². The maximum atomic E-state index is 12.4. The Labute approximate surface area is 152 Å². The van der Waals surface area contributed by atoms with Crippen LogP contribution in [0.15, 0.2) is 41.6 Å². The summed E-state index contributed by atoms with van der Waals surface area (Å²) in [4.78, 5) is 36.5. The van der Waals surface area contributed by atoms with Crippen molar-refractivity contribution in [3.05, 3.63) is 47.2 Å². The van der Waals surface area contributed by atoms with Crippen LogP contribution in [0.25, 0.3) is 0 Å². The molecule has 25 heavy (non-hydrogen) atoms. The van der Waals surface area contributed by atoms with Gasteiger partial charge >= 0.3 is 11.9 Å². The number of nitrogens with one attached hydrogen (secondary N) is 1. The lowest BCUT2D eigenvalue weighted by molar-refractivity contribution is -0.149. The molecular weight excluding hydrogens is 364 g/mol. The van der Waals surface area contributed by atoms with Crippen LogP contribution in [0.2, 0.25) is 0 Å². The molecule has 2 aliphatic rings. The minimum absolute atomic E-state index is 0.0229. The van der Waals surface area contributed by atoms with Crippen molar-refractivity contribution in [2.24, 2.45) is 0 Å². The van der Waals surface area contributed by atoms with E-state index in [1.807, 2.05) is 30.3 Å². The van der Waals surface area contributed by atoms with Crippen LogP contribution in [-0.2, 0) is 20.8 Å². The third-order valence-corrected chi connectivity index (χ3v) is 5.50. The molecule has 2 atom stereocenters. The number of β-lactam (4-membered cyclic amide) rings is 1. The van der Waals surface area contributed by atoms with E-state index in [0.29, 0.717) is 11.4 Å². The van der Waals surface area contributed by atoms with Crippen LogP contribution >= 0.6 is 24.0 Å². The van der Waals surface area contributed by atoms with Crippen LogP contribution in [-0.4, -0.2) is 55.1 Å². The normalized spacial score (nSPS) is 22.1. The Kier molecular flexibility index (Phi) is 4.78. The summed E-state index contributed by atoms with van der Waals surface area (Å²) in [5, 5.41) is 20.9. The summed E-state index contributed by atoms with van der Waals surface area (Å²) in [7, 11) is 0. The smallest absolute Gasteiger partial charge is 0.353 e. The SMILES string of the molecule is O=C(O)C1=C(C(=O)O)N2C(=O)C(NC(=S)Cc3ccccc3)[C@H]2SC1. The van der Waals surface area contributed by atoms with E-state index in [1.54, 1.807) is 0 Å². The van der Waals surface area contributed by atoms with Crippen molar-refractivity contribution < 1.29 is 24.6 Å². The molecule has 0 radical (unpaired) electrons. The van der Waals surface area contributed by atoms with Gasteiger partial charge in [0.25, 0.3) is 5.91 Å². The predicted octanol–water partition coefficient (Wildman–Crippen LogP) is 0.853. The number of carbonyl (C=O) groups is 3. The summed E-state index contributed by atoms with van der Waals surface area (Å²) >= 11 is 6.50. The molecule has 1 saturated heterocycles. The topological polar surface area (TPSA) is 107 Å². The van der Waals surface area contributed by atoms with Crippen LogP contribution in [0, 0.1) is 0 Å². The molecule has 0 spiro atoms. The van der Waals surface area contributed by atoms with Crippen molar-refractivity contribution in [1.82, 2.24) is 10.2 Å². The number of benzene rings is 1. The summed E-state index contributed by atoms with van der Waals surface area (Å²) < 4.78 is 0. The monoisotopic (exact) mass is 378 g/mol. The molecule has 1 amide bonds. The van der Waals surface area contributed by atoms with Crippen molar-refractivity contribution in [3.8, 4) is 0 Å². The predicted molar refractivity (Wildman–Crippen MR) is 95.1 cm³/mol. The van der Waals surface area contributed by atoms with E-state index in [4.69, 9.17) is 17.3 Å². The molecule has 0 saturated carbocycles. The van der Waals surface area contributed by atoms with Gasteiger partial charge in [-0.3, -0.25) is 9.69 Å². The molecule has 0 aromatic heterocycles. The molecule has 0 bridgehead atoms.